The van der Waals surface area contributed by atoms with Gasteiger partial charge in [0, 0.05) is 54.2 Å². The number of ether oxygens (including phenoxy) is 12. The normalized spacial score (nSPS) is 24.6. The summed E-state index contributed by atoms with van der Waals surface area (Å²) in [6.07, 6.45) is -16.5. The molecule has 13 atom stereocenters. The molecule has 0 unspecified atom stereocenters. The SMILES string of the molecule is COC(=O)[C@@H](NC(=O)[C@H](CS[C@@H]1O[C@H](COC(C)=O)[C@@H](O[C@@H]2O[C@H](COC(C)=O)[C@H](OC(C)=O)[C@H](OC(C)=O)[C@H]2OC(C)=O)[C@H](OC(C)=O)[C@H]1OC(C)=O)NC(=O)CNC(=O)[C@H](C)NC(=O)OC(C)(C)C)C(C)C. The molecule has 74 heavy (non-hydrogen) atoms. The van der Waals surface area contributed by atoms with Gasteiger partial charge >= 0.3 is 53.8 Å². The maximum absolute atomic E-state index is 14.0. The van der Waals surface area contributed by atoms with E-state index in [-0.39, 0.29) is 0 Å². The molecule has 0 bridgehead atoms. The highest BCUT2D eigenvalue weighted by atomic mass is 32.2. The van der Waals surface area contributed by atoms with Crippen molar-refractivity contribution in [3.05, 3.63) is 0 Å². The van der Waals surface area contributed by atoms with E-state index < -0.39 is 187 Å². The van der Waals surface area contributed by atoms with Crippen LogP contribution < -0.4 is 21.3 Å². The Morgan fingerprint density at radius 2 is 1.04 bits per heavy atom. The second kappa shape index (κ2) is 29.5. The summed E-state index contributed by atoms with van der Waals surface area (Å²) in [5.41, 5.74) is -2.42. The first kappa shape index (κ1) is 63.8. The van der Waals surface area contributed by atoms with Gasteiger partial charge in [-0.2, -0.15) is 0 Å². The molecule has 4 amide bonds. The lowest BCUT2D eigenvalue weighted by Gasteiger charge is -2.48. The summed E-state index contributed by atoms with van der Waals surface area (Å²) in [4.78, 5) is 153. The number of rotatable bonds is 23. The van der Waals surface area contributed by atoms with Crippen molar-refractivity contribution in [1.29, 1.82) is 0 Å². The van der Waals surface area contributed by atoms with Crippen LogP contribution in [0.15, 0.2) is 0 Å². The first-order chi connectivity index (χ1) is 34.3. The van der Waals surface area contributed by atoms with Gasteiger partial charge < -0.3 is 78.1 Å². The molecule has 2 aliphatic heterocycles. The van der Waals surface area contributed by atoms with E-state index in [9.17, 15) is 57.5 Å². The van der Waals surface area contributed by atoms with Gasteiger partial charge in [-0.3, -0.25) is 47.9 Å². The highest BCUT2D eigenvalue weighted by Gasteiger charge is 2.57. The number of hydrogen-bond donors (Lipinski definition) is 4. The highest BCUT2D eigenvalue weighted by molar-refractivity contribution is 7.99. The second-order valence-corrected chi connectivity index (χ2v) is 19.1. The van der Waals surface area contributed by atoms with Gasteiger partial charge in [-0.1, -0.05) is 13.8 Å². The molecule has 2 saturated heterocycles. The predicted octanol–water partition coefficient (Wildman–Crippen LogP) is -0.833. The van der Waals surface area contributed by atoms with Crippen molar-refractivity contribution >= 4 is 83.3 Å². The molecule has 0 aromatic heterocycles. The van der Waals surface area contributed by atoms with Crippen molar-refractivity contribution in [2.45, 2.75) is 174 Å². The molecule has 2 aliphatic rings. The van der Waals surface area contributed by atoms with E-state index in [4.69, 9.17) is 56.8 Å². The average Bonchev–Trinajstić information content (AvgIpc) is 3.26. The Kier molecular flexibility index (Phi) is 25.5. The molecule has 2 rings (SSSR count). The van der Waals surface area contributed by atoms with E-state index >= 15 is 0 Å². The third-order valence-corrected chi connectivity index (χ3v) is 11.2. The van der Waals surface area contributed by atoms with Crippen LogP contribution in [0.4, 0.5) is 4.79 Å². The number of esters is 8. The standard InChI is InChI=1S/C45H68N4O24S/c1-19(2)32(41(60)62-14)49-40(59)28(48-31(57)15-46-39(58)20(3)47-44(61)73-45(11,12)13)18-74-43-38(69-27(10)56)36(67-25(8)54)34(30(71-43)17-64-22(5)51)72-42-37(68-26(9)55)35(66-24(7)53)33(65-23(6)52)29(70-42)16-63-21(4)50/h19-20,28-30,32-38,42-43H,15-18H2,1-14H3,(H,46,58)(H,47,61)(H,48,57)(H,49,59)/t20-,28-,29+,30+,32-,33-,34+,35-,36-,37+,38+,42-,43-/m0/s1. The fraction of sp³-hybridized carbons (Fsp3) is 0.733. The summed E-state index contributed by atoms with van der Waals surface area (Å²) in [5.74, 6) is -11.2. The zero-order chi connectivity index (χ0) is 56.4. The van der Waals surface area contributed by atoms with Gasteiger partial charge in [-0.05, 0) is 33.6 Å². The number of carbonyl (C=O) groups is 12. The van der Waals surface area contributed by atoms with Crippen molar-refractivity contribution in [3.8, 4) is 0 Å². The van der Waals surface area contributed by atoms with Crippen LogP contribution in [0.25, 0.3) is 0 Å². The lowest BCUT2D eigenvalue weighted by atomic mass is 9.96. The number of thioether (sulfide) groups is 1. The Balaban J connectivity index is 2.72. The first-order valence-electron chi connectivity index (χ1n) is 23.0. The summed E-state index contributed by atoms with van der Waals surface area (Å²) in [7, 11) is 1.09. The van der Waals surface area contributed by atoms with E-state index in [0.29, 0.717) is 11.8 Å². The van der Waals surface area contributed by atoms with Crippen LogP contribution in [0.1, 0.15) is 90.0 Å². The molecular weight excluding hydrogens is 1010 g/mol. The molecule has 0 spiro atoms. The summed E-state index contributed by atoms with van der Waals surface area (Å²) in [5, 5.41) is 9.64. The Morgan fingerprint density at radius 3 is 1.51 bits per heavy atom. The molecular formula is C45H68N4O24S. The van der Waals surface area contributed by atoms with Gasteiger partial charge in [-0.15, -0.1) is 11.8 Å². The molecule has 29 heteroatoms. The van der Waals surface area contributed by atoms with Crippen LogP contribution in [0.2, 0.25) is 0 Å². The topological polar surface area (TPSA) is 364 Å². The Hall–Kier alpha value is -6.33. The van der Waals surface area contributed by atoms with Crippen LogP contribution in [0.5, 0.6) is 0 Å². The smallest absolute Gasteiger partial charge is 0.408 e. The van der Waals surface area contributed by atoms with Gasteiger partial charge in [0.05, 0.1) is 13.7 Å². The van der Waals surface area contributed by atoms with Gasteiger partial charge in [-0.25, -0.2) is 9.59 Å². The van der Waals surface area contributed by atoms with Gasteiger partial charge in [0.2, 0.25) is 17.7 Å². The molecule has 0 radical (unpaired) electrons. The van der Waals surface area contributed by atoms with E-state index in [1.807, 2.05) is 0 Å². The van der Waals surface area contributed by atoms with Crippen LogP contribution in [0.3, 0.4) is 0 Å². The molecule has 4 N–H and O–H groups in total. The minimum atomic E-state index is -1.95. The maximum atomic E-state index is 14.0. The fourth-order valence-corrected chi connectivity index (χ4v) is 8.21. The van der Waals surface area contributed by atoms with E-state index in [1.54, 1.807) is 34.6 Å². The summed E-state index contributed by atoms with van der Waals surface area (Å²) in [6, 6.07) is -4.04. The quantitative estimate of drug-likeness (QED) is 0.0716. The van der Waals surface area contributed by atoms with Crippen LogP contribution in [0, 0.1) is 5.92 Å². The van der Waals surface area contributed by atoms with Crippen LogP contribution in [-0.2, 0) is 110 Å². The molecule has 2 fully saturated rings. The van der Waals surface area contributed by atoms with Crippen molar-refractivity contribution < 1.29 is 114 Å². The molecule has 0 aromatic rings. The van der Waals surface area contributed by atoms with Crippen LogP contribution in [-0.4, -0.2) is 188 Å². The number of nitrogens with one attached hydrogen (secondary N) is 4. The molecule has 2 heterocycles. The Bertz CT molecular complexity index is 2050. The first-order valence-corrected chi connectivity index (χ1v) is 24.0. The average molecular weight is 1080 g/mol. The number of amides is 4. The molecule has 28 nitrogen and oxygen atoms in total. The highest BCUT2D eigenvalue weighted by Crippen LogP contribution is 2.38. The second-order valence-electron chi connectivity index (χ2n) is 18.0. The zero-order valence-electron chi connectivity index (χ0n) is 43.6. The number of methoxy groups -OCH3 is 1. The summed E-state index contributed by atoms with van der Waals surface area (Å²) < 4.78 is 67.2. The van der Waals surface area contributed by atoms with Gasteiger partial charge in [0.15, 0.2) is 36.8 Å². The monoisotopic (exact) mass is 1080 g/mol. The van der Waals surface area contributed by atoms with Crippen molar-refractivity contribution in [1.82, 2.24) is 21.3 Å². The summed E-state index contributed by atoms with van der Waals surface area (Å²) >= 11 is 0.683. The van der Waals surface area contributed by atoms with E-state index in [0.717, 1.165) is 55.6 Å². The van der Waals surface area contributed by atoms with Crippen molar-refractivity contribution in [2.75, 3.05) is 32.6 Å². The molecule has 418 valence electrons. The number of hydrogen-bond acceptors (Lipinski definition) is 25. The number of carbonyl (C=O) groups excluding carboxylic acids is 12. The Morgan fingerprint density at radius 1 is 0.568 bits per heavy atom. The summed E-state index contributed by atoms with van der Waals surface area (Å²) in [6.45, 7) is 14.3. The zero-order valence-corrected chi connectivity index (χ0v) is 44.4. The predicted molar refractivity (Wildman–Crippen MR) is 248 cm³/mol. The molecule has 0 aliphatic carbocycles. The van der Waals surface area contributed by atoms with Crippen molar-refractivity contribution in [3.63, 3.8) is 0 Å². The van der Waals surface area contributed by atoms with Gasteiger partial charge in [0.25, 0.3) is 0 Å². The molecule has 0 aromatic carbocycles. The lowest BCUT2D eigenvalue weighted by Crippen LogP contribution is -2.67. The van der Waals surface area contributed by atoms with Crippen molar-refractivity contribution in [2.24, 2.45) is 5.92 Å². The molecule has 0 saturated carbocycles. The minimum absolute atomic E-state index is 0.505. The lowest BCUT2D eigenvalue weighted by molar-refractivity contribution is -0.341. The van der Waals surface area contributed by atoms with Crippen LogP contribution >= 0.6 is 11.8 Å². The maximum Gasteiger partial charge on any atom is 0.408 e. The van der Waals surface area contributed by atoms with Gasteiger partial charge in [0.1, 0.15) is 60.7 Å². The third kappa shape index (κ3) is 21.6. The third-order valence-electron chi connectivity index (χ3n) is 9.93. The van der Waals surface area contributed by atoms with E-state index in [2.05, 4.69) is 21.3 Å². The minimum Gasteiger partial charge on any atom is -0.467 e. The Labute approximate surface area is 430 Å². The van der Waals surface area contributed by atoms with E-state index in [1.165, 1.54) is 6.92 Å². The fourth-order valence-electron chi connectivity index (χ4n) is 6.97. The number of alkyl carbamates (subject to hydrolysis) is 1. The largest absolute Gasteiger partial charge is 0.467 e.